The molecule has 0 spiro atoms. The van der Waals surface area contributed by atoms with Crippen LogP contribution in [0.1, 0.15) is 20.3 Å². The molecule has 2 N–H and O–H groups in total. The number of nitrogens with one attached hydrogen (secondary N) is 1. The van der Waals surface area contributed by atoms with E-state index < -0.39 is 5.97 Å². The predicted molar refractivity (Wildman–Crippen MR) is 56.5 cm³/mol. The first kappa shape index (κ1) is 11.4. The Hall–Kier alpha value is -1.65. The fourth-order valence-corrected chi connectivity index (χ4v) is 1.21. The molecule has 1 heterocycles. The van der Waals surface area contributed by atoms with Crippen molar-refractivity contribution in [3.05, 3.63) is 18.6 Å². The smallest absolute Gasteiger partial charge is 0.305 e. The first-order valence-corrected chi connectivity index (χ1v) is 4.84. The second-order valence-electron chi connectivity index (χ2n) is 3.69. The average Bonchev–Trinajstić information content (AvgIpc) is 2.17. The highest BCUT2D eigenvalue weighted by molar-refractivity contribution is 5.68. The van der Waals surface area contributed by atoms with Crippen LogP contribution < -0.4 is 5.32 Å². The molecule has 1 unspecified atom stereocenters. The standard InChI is InChI=1S/C10H15N3O2/c1-7(2)8(5-10(14)15)13-9-3-4-11-6-12-9/h3-4,6-8H,5H2,1-2H3,(H,14,15)(H,11,12,13). The molecule has 0 amide bonds. The van der Waals surface area contributed by atoms with Gasteiger partial charge in [0.1, 0.15) is 12.1 Å². The summed E-state index contributed by atoms with van der Waals surface area (Å²) in [4.78, 5) is 18.4. The van der Waals surface area contributed by atoms with Crippen LogP contribution in [0.15, 0.2) is 18.6 Å². The van der Waals surface area contributed by atoms with Crippen molar-refractivity contribution in [1.29, 1.82) is 0 Å². The Bertz CT molecular complexity index is 314. The Labute approximate surface area is 88.6 Å². The lowest BCUT2D eigenvalue weighted by Gasteiger charge is -2.20. The summed E-state index contributed by atoms with van der Waals surface area (Å²) in [5.74, 6) is 0.0799. The molecule has 1 aromatic rings. The number of carboxylic acids is 1. The molecule has 0 fully saturated rings. The summed E-state index contributed by atoms with van der Waals surface area (Å²) in [5.41, 5.74) is 0. The lowest BCUT2D eigenvalue weighted by Crippen LogP contribution is -2.28. The maximum atomic E-state index is 10.6. The first-order valence-electron chi connectivity index (χ1n) is 4.84. The van der Waals surface area contributed by atoms with Crippen molar-refractivity contribution < 1.29 is 9.90 Å². The average molecular weight is 209 g/mol. The van der Waals surface area contributed by atoms with Crippen molar-refractivity contribution in [1.82, 2.24) is 9.97 Å². The van der Waals surface area contributed by atoms with Gasteiger partial charge in [0.2, 0.25) is 0 Å². The van der Waals surface area contributed by atoms with Crippen LogP contribution >= 0.6 is 0 Å². The summed E-state index contributed by atoms with van der Waals surface area (Å²) in [6.07, 6.45) is 3.13. The second kappa shape index (κ2) is 5.29. The molecular weight excluding hydrogens is 194 g/mol. The Morgan fingerprint density at radius 3 is 2.80 bits per heavy atom. The summed E-state index contributed by atoms with van der Waals surface area (Å²) < 4.78 is 0. The topological polar surface area (TPSA) is 75.1 Å². The molecule has 1 atom stereocenters. The van der Waals surface area contributed by atoms with E-state index in [0.29, 0.717) is 5.82 Å². The lowest BCUT2D eigenvalue weighted by molar-refractivity contribution is -0.137. The Balaban J connectivity index is 2.63. The molecule has 5 nitrogen and oxygen atoms in total. The zero-order valence-electron chi connectivity index (χ0n) is 8.84. The van der Waals surface area contributed by atoms with Gasteiger partial charge >= 0.3 is 5.97 Å². The van der Waals surface area contributed by atoms with Crippen molar-refractivity contribution in [2.75, 3.05) is 5.32 Å². The van der Waals surface area contributed by atoms with E-state index in [1.165, 1.54) is 6.33 Å². The summed E-state index contributed by atoms with van der Waals surface area (Å²) in [7, 11) is 0. The van der Waals surface area contributed by atoms with E-state index in [0.717, 1.165) is 0 Å². The van der Waals surface area contributed by atoms with Gasteiger partial charge in [-0.15, -0.1) is 0 Å². The predicted octanol–water partition coefficient (Wildman–Crippen LogP) is 1.39. The molecule has 1 rings (SSSR count). The van der Waals surface area contributed by atoms with Crippen molar-refractivity contribution in [2.45, 2.75) is 26.3 Å². The van der Waals surface area contributed by atoms with Gasteiger partial charge in [-0.05, 0) is 12.0 Å². The van der Waals surface area contributed by atoms with Gasteiger partial charge in [-0.2, -0.15) is 0 Å². The van der Waals surface area contributed by atoms with E-state index in [-0.39, 0.29) is 18.4 Å². The first-order chi connectivity index (χ1) is 7.09. The molecule has 82 valence electrons. The van der Waals surface area contributed by atoms with Crippen molar-refractivity contribution >= 4 is 11.8 Å². The Morgan fingerprint density at radius 1 is 1.60 bits per heavy atom. The number of aromatic nitrogens is 2. The third-order valence-electron chi connectivity index (χ3n) is 2.11. The zero-order chi connectivity index (χ0) is 11.3. The van der Waals surface area contributed by atoms with Gasteiger partial charge in [0.25, 0.3) is 0 Å². The van der Waals surface area contributed by atoms with Crippen molar-refractivity contribution in [3.8, 4) is 0 Å². The molecule has 5 heteroatoms. The Morgan fingerprint density at radius 2 is 2.33 bits per heavy atom. The monoisotopic (exact) mass is 209 g/mol. The van der Waals surface area contributed by atoms with Crippen LogP contribution in [-0.4, -0.2) is 27.1 Å². The summed E-state index contributed by atoms with van der Waals surface area (Å²) in [6, 6.07) is 1.61. The highest BCUT2D eigenvalue weighted by Crippen LogP contribution is 2.12. The number of hydrogen-bond acceptors (Lipinski definition) is 4. The van der Waals surface area contributed by atoms with Crippen LogP contribution in [0, 0.1) is 5.92 Å². The van der Waals surface area contributed by atoms with Crippen LogP contribution in [0.4, 0.5) is 5.82 Å². The van der Waals surface area contributed by atoms with Crippen LogP contribution in [-0.2, 0) is 4.79 Å². The molecule has 0 radical (unpaired) electrons. The number of anilines is 1. The number of rotatable bonds is 5. The number of aliphatic carboxylic acids is 1. The third kappa shape index (κ3) is 3.93. The lowest BCUT2D eigenvalue weighted by atomic mass is 10.0. The van der Waals surface area contributed by atoms with Gasteiger partial charge in [0.05, 0.1) is 6.42 Å². The number of carbonyl (C=O) groups is 1. The largest absolute Gasteiger partial charge is 0.481 e. The molecule has 0 saturated heterocycles. The molecule has 0 saturated carbocycles. The molecule has 15 heavy (non-hydrogen) atoms. The van der Waals surface area contributed by atoms with E-state index in [9.17, 15) is 4.79 Å². The minimum absolute atomic E-state index is 0.0850. The van der Waals surface area contributed by atoms with Crippen LogP contribution in [0.5, 0.6) is 0 Å². The number of hydrogen-bond donors (Lipinski definition) is 2. The summed E-state index contributed by atoms with van der Waals surface area (Å²) in [6.45, 7) is 3.95. The molecule has 0 aliphatic heterocycles. The minimum Gasteiger partial charge on any atom is -0.481 e. The molecule has 0 aliphatic carbocycles. The van der Waals surface area contributed by atoms with Gasteiger partial charge in [-0.3, -0.25) is 4.79 Å². The van der Waals surface area contributed by atoms with E-state index in [1.807, 2.05) is 13.8 Å². The molecule has 0 aliphatic rings. The van der Waals surface area contributed by atoms with Crippen molar-refractivity contribution in [3.63, 3.8) is 0 Å². The molecule has 0 bridgehead atoms. The SMILES string of the molecule is CC(C)C(CC(=O)O)Nc1ccncn1. The fraction of sp³-hybridized carbons (Fsp3) is 0.500. The summed E-state index contributed by atoms with van der Waals surface area (Å²) >= 11 is 0. The van der Waals surface area contributed by atoms with E-state index in [1.54, 1.807) is 12.3 Å². The molecule has 0 aromatic carbocycles. The maximum absolute atomic E-state index is 10.6. The number of carboxylic acid groups (broad SMARTS) is 1. The third-order valence-corrected chi connectivity index (χ3v) is 2.11. The van der Waals surface area contributed by atoms with Gasteiger partial charge in [0.15, 0.2) is 0 Å². The van der Waals surface area contributed by atoms with Crippen LogP contribution in [0.25, 0.3) is 0 Å². The van der Waals surface area contributed by atoms with Crippen LogP contribution in [0.3, 0.4) is 0 Å². The van der Waals surface area contributed by atoms with Crippen LogP contribution in [0.2, 0.25) is 0 Å². The summed E-state index contributed by atoms with van der Waals surface area (Å²) in [5, 5.41) is 11.8. The number of nitrogens with zero attached hydrogens (tertiary/aromatic N) is 2. The van der Waals surface area contributed by atoms with Gasteiger partial charge in [-0.1, -0.05) is 13.8 Å². The minimum atomic E-state index is -0.810. The van der Waals surface area contributed by atoms with Gasteiger partial charge in [0, 0.05) is 12.2 Å². The fourth-order valence-electron chi connectivity index (χ4n) is 1.21. The Kier molecular flexibility index (Phi) is 4.03. The maximum Gasteiger partial charge on any atom is 0.305 e. The van der Waals surface area contributed by atoms with E-state index >= 15 is 0 Å². The van der Waals surface area contributed by atoms with Crippen molar-refractivity contribution in [2.24, 2.45) is 5.92 Å². The molecule has 1 aromatic heterocycles. The van der Waals surface area contributed by atoms with E-state index in [4.69, 9.17) is 5.11 Å². The van der Waals surface area contributed by atoms with E-state index in [2.05, 4.69) is 15.3 Å². The quantitative estimate of drug-likeness (QED) is 0.766. The highest BCUT2D eigenvalue weighted by Gasteiger charge is 2.16. The highest BCUT2D eigenvalue weighted by atomic mass is 16.4. The molecular formula is C10H15N3O2. The zero-order valence-corrected chi connectivity index (χ0v) is 8.84. The van der Waals surface area contributed by atoms with Gasteiger partial charge < -0.3 is 10.4 Å². The second-order valence-corrected chi connectivity index (χ2v) is 3.69. The van der Waals surface area contributed by atoms with Gasteiger partial charge in [-0.25, -0.2) is 9.97 Å². The normalized spacial score (nSPS) is 12.5.